The fourth-order valence-corrected chi connectivity index (χ4v) is 4.54. The van der Waals surface area contributed by atoms with Crippen molar-refractivity contribution in [2.75, 3.05) is 38.6 Å². The second kappa shape index (κ2) is 7.41. The van der Waals surface area contributed by atoms with Crippen molar-refractivity contribution in [1.82, 2.24) is 9.80 Å². The monoisotopic (exact) mass is 371 g/mol. The lowest BCUT2D eigenvalue weighted by Gasteiger charge is -2.48. The lowest BCUT2D eigenvalue weighted by atomic mass is 9.73. The highest BCUT2D eigenvalue weighted by Gasteiger charge is 2.43. The Morgan fingerprint density at radius 3 is 2.85 bits per heavy atom. The van der Waals surface area contributed by atoms with E-state index in [1.165, 1.54) is 12.8 Å². The van der Waals surface area contributed by atoms with Crippen LogP contribution >= 0.6 is 0 Å². The van der Waals surface area contributed by atoms with Crippen LogP contribution in [0.4, 0.5) is 10.5 Å². The Morgan fingerprint density at radius 1 is 1.26 bits per heavy atom. The maximum absolute atomic E-state index is 12.9. The van der Waals surface area contributed by atoms with Gasteiger partial charge in [0.2, 0.25) is 5.91 Å². The van der Waals surface area contributed by atoms with Crippen LogP contribution in [0, 0.1) is 11.3 Å². The van der Waals surface area contributed by atoms with Crippen molar-refractivity contribution in [2.24, 2.45) is 11.3 Å². The minimum Gasteiger partial charge on any atom is -0.495 e. The van der Waals surface area contributed by atoms with E-state index in [1.807, 2.05) is 29.2 Å². The zero-order chi connectivity index (χ0) is 18.9. The molecule has 1 atom stereocenters. The van der Waals surface area contributed by atoms with Gasteiger partial charge in [-0.05, 0) is 50.2 Å². The van der Waals surface area contributed by atoms with E-state index in [-0.39, 0.29) is 11.4 Å². The molecule has 1 saturated carbocycles. The van der Waals surface area contributed by atoms with E-state index in [9.17, 15) is 9.59 Å². The van der Waals surface area contributed by atoms with Gasteiger partial charge in [-0.2, -0.15) is 0 Å². The zero-order valence-electron chi connectivity index (χ0n) is 16.1. The van der Waals surface area contributed by atoms with Gasteiger partial charge in [0.15, 0.2) is 0 Å². The van der Waals surface area contributed by atoms with E-state index in [0.29, 0.717) is 29.7 Å². The van der Waals surface area contributed by atoms with Crippen molar-refractivity contribution in [1.29, 1.82) is 0 Å². The number of hydrogen-bond donors (Lipinski definition) is 1. The molecule has 6 nitrogen and oxygen atoms in total. The van der Waals surface area contributed by atoms with E-state index in [4.69, 9.17) is 4.74 Å². The summed E-state index contributed by atoms with van der Waals surface area (Å²) in [5.41, 5.74) is 0.748. The number of nitrogens with one attached hydrogen (secondary N) is 1. The molecule has 3 aliphatic rings. The molecule has 0 radical (unpaired) electrons. The zero-order valence-corrected chi connectivity index (χ0v) is 16.1. The van der Waals surface area contributed by atoms with Crippen LogP contribution in [-0.4, -0.2) is 55.0 Å². The quantitative estimate of drug-likeness (QED) is 0.883. The van der Waals surface area contributed by atoms with Crippen molar-refractivity contribution in [2.45, 2.75) is 38.5 Å². The van der Waals surface area contributed by atoms with Crippen molar-refractivity contribution < 1.29 is 14.3 Å². The molecule has 146 valence electrons. The number of likely N-dealkylation sites (tertiary alicyclic amines) is 2. The third kappa shape index (κ3) is 4.04. The number of para-hydroxylation sites is 2. The molecule has 3 fully saturated rings. The summed E-state index contributed by atoms with van der Waals surface area (Å²) < 4.78 is 5.33. The second-order valence-electron chi connectivity index (χ2n) is 8.37. The number of ether oxygens (including phenoxy) is 1. The number of hydrogen-bond acceptors (Lipinski definition) is 3. The third-order valence-corrected chi connectivity index (χ3v) is 6.22. The Morgan fingerprint density at radius 2 is 2.07 bits per heavy atom. The predicted molar refractivity (Wildman–Crippen MR) is 104 cm³/mol. The number of amides is 3. The van der Waals surface area contributed by atoms with E-state index in [0.717, 1.165) is 45.4 Å². The molecule has 1 N–H and O–H groups in total. The first-order valence-corrected chi connectivity index (χ1v) is 10.1. The van der Waals surface area contributed by atoms with Gasteiger partial charge in [0.05, 0.1) is 12.8 Å². The Bertz CT molecular complexity index is 718. The number of urea groups is 1. The Hall–Kier alpha value is -2.24. The van der Waals surface area contributed by atoms with Gasteiger partial charge in [-0.1, -0.05) is 12.1 Å². The van der Waals surface area contributed by atoms with Crippen molar-refractivity contribution in [3.05, 3.63) is 24.3 Å². The van der Waals surface area contributed by atoms with Crippen LogP contribution in [-0.2, 0) is 4.79 Å². The lowest BCUT2D eigenvalue weighted by Crippen LogP contribution is -2.56. The van der Waals surface area contributed by atoms with Gasteiger partial charge >= 0.3 is 6.03 Å². The molecule has 1 aromatic rings. The van der Waals surface area contributed by atoms with Crippen LogP contribution in [0.25, 0.3) is 0 Å². The molecule has 1 aromatic carbocycles. The fourth-order valence-electron chi connectivity index (χ4n) is 4.54. The number of anilines is 1. The van der Waals surface area contributed by atoms with Gasteiger partial charge in [0, 0.05) is 38.0 Å². The largest absolute Gasteiger partial charge is 0.495 e. The molecule has 2 heterocycles. The number of nitrogens with zero attached hydrogens (tertiary/aromatic N) is 2. The highest BCUT2D eigenvalue weighted by atomic mass is 16.5. The van der Waals surface area contributed by atoms with Crippen molar-refractivity contribution in [3.63, 3.8) is 0 Å². The molecule has 6 heteroatoms. The van der Waals surface area contributed by atoms with Crippen molar-refractivity contribution in [3.8, 4) is 5.75 Å². The molecule has 0 bridgehead atoms. The summed E-state index contributed by atoms with van der Waals surface area (Å²) in [6, 6.07) is 7.39. The topological polar surface area (TPSA) is 61.9 Å². The molecular formula is C21H29N3O3. The Balaban J connectivity index is 1.42. The van der Waals surface area contributed by atoms with E-state index < -0.39 is 0 Å². The van der Waals surface area contributed by atoms with E-state index in [2.05, 4.69) is 10.2 Å². The summed E-state index contributed by atoms with van der Waals surface area (Å²) in [7, 11) is 1.61. The van der Waals surface area contributed by atoms with Crippen LogP contribution in [0.5, 0.6) is 5.75 Å². The van der Waals surface area contributed by atoms with Crippen LogP contribution in [0.2, 0.25) is 0 Å². The first kappa shape index (κ1) is 18.1. The van der Waals surface area contributed by atoms with Crippen LogP contribution < -0.4 is 10.1 Å². The molecule has 4 rings (SSSR count). The fraction of sp³-hybridized carbons (Fsp3) is 0.619. The lowest BCUT2D eigenvalue weighted by molar-refractivity contribution is -0.139. The van der Waals surface area contributed by atoms with Crippen molar-refractivity contribution >= 4 is 17.6 Å². The molecule has 3 amide bonds. The number of carbonyl (C=O) groups excluding carboxylic acids is 2. The summed E-state index contributed by atoms with van der Waals surface area (Å²) in [6.07, 6.45) is 6.11. The number of rotatable bonds is 4. The van der Waals surface area contributed by atoms with Gasteiger partial charge in [0.1, 0.15) is 5.75 Å². The van der Waals surface area contributed by atoms with Gasteiger partial charge < -0.3 is 19.9 Å². The highest BCUT2D eigenvalue weighted by molar-refractivity contribution is 5.91. The molecule has 0 aromatic heterocycles. The van der Waals surface area contributed by atoms with Crippen LogP contribution in [0.15, 0.2) is 24.3 Å². The SMILES string of the molecule is COc1ccccc1NC(=O)N1CCC[C@@]2(CCC(=O)N(CC3CC3)C2)C1. The van der Waals surface area contributed by atoms with E-state index in [1.54, 1.807) is 7.11 Å². The molecule has 0 unspecified atom stereocenters. The summed E-state index contributed by atoms with van der Waals surface area (Å²) in [4.78, 5) is 29.2. The third-order valence-electron chi connectivity index (χ3n) is 6.22. The van der Waals surface area contributed by atoms with Gasteiger partial charge in [-0.3, -0.25) is 4.79 Å². The summed E-state index contributed by atoms with van der Waals surface area (Å²) >= 11 is 0. The number of carbonyl (C=O) groups is 2. The summed E-state index contributed by atoms with van der Waals surface area (Å²) in [6.45, 7) is 3.20. The smallest absolute Gasteiger partial charge is 0.321 e. The Kier molecular flexibility index (Phi) is 4.98. The number of piperidine rings is 2. The van der Waals surface area contributed by atoms with Gasteiger partial charge in [0.25, 0.3) is 0 Å². The molecule has 2 aliphatic heterocycles. The highest BCUT2D eigenvalue weighted by Crippen LogP contribution is 2.41. The maximum Gasteiger partial charge on any atom is 0.321 e. The standard InChI is InChI=1S/C21H29N3O3/c1-27-18-6-3-2-5-17(18)22-20(26)23-12-4-10-21(14-23)11-9-19(25)24(15-21)13-16-7-8-16/h2-3,5-6,16H,4,7-15H2,1H3,(H,22,26)/t21-/m1/s1. The molecular weight excluding hydrogens is 342 g/mol. The normalized spacial score (nSPS) is 25.6. The summed E-state index contributed by atoms with van der Waals surface area (Å²) in [5, 5.41) is 3.00. The number of methoxy groups -OCH3 is 1. The Labute approximate surface area is 160 Å². The van der Waals surface area contributed by atoms with Gasteiger partial charge in [-0.15, -0.1) is 0 Å². The van der Waals surface area contributed by atoms with Gasteiger partial charge in [-0.25, -0.2) is 4.79 Å². The average molecular weight is 371 g/mol. The average Bonchev–Trinajstić information content (AvgIpc) is 3.49. The van der Waals surface area contributed by atoms with Crippen LogP contribution in [0.1, 0.15) is 38.5 Å². The minimum absolute atomic E-state index is 0.0547. The second-order valence-corrected chi connectivity index (χ2v) is 8.37. The predicted octanol–water partition coefficient (Wildman–Crippen LogP) is 3.34. The number of benzene rings is 1. The van der Waals surface area contributed by atoms with E-state index >= 15 is 0 Å². The minimum atomic E-state index is -0.0794. The maximum atomic E-state index is 12.9. The summed E-state index contributed by atoms with van der Waals surface area (Å²) in [5.74, 6) is 1.66. The molecule has 1 spiro atoms. The molecule has 27 heavy (non-hydrogen) atoms. The van der Waals surface area contributed by atoms with Crippen LogP contribution in [0.3, 0.4) is 0 Å². The molecule has 1 aliphatic carbocycles. The molecule has 2 saturated heterocycles. The first-order chi connectivity index (χ1) is 13.1. The first-order valence-electron chi connectivity index (χ1n) is 10.1.